The quantitative estimate of drug-likeness (QED) is 0.688. The highest BCUT2D eigenvalue weighted by atomic mass is 16.2. The Morgan fingerprint density at radius 1 is 0.963 bits per heavy atom. The summed E-state index contributed by atoms with van der Waals surface area (Å²) in [5.74, 6) is 0.783. The molecule has 0 aromatic heterocycles. The highest BCUT2D eigenvalue weighted by Gasteiger charge is 2.24. The van der Waals surface area contributed by atoms with Gasteiger partial charge in [-0.15, -0.1) is 0 Å². The summed E-state index contributed by atoms with van der Waals surface area (Å²) in [7, 11) is 0. The van der Waals surface area contributed by atoms with E-state index in [0.29, 0.717) is 24.6 Å². The van der Waals surface area contributed by atoms with Gasteiger partial charge in [0.2, 0.25) is 5.91 Å². The van der Waals surface area contributed by atoms with E-state index in [4.69, 9.17) is 5.73 Å². The smallest absolute Gasteiger partial charge is 0.251 e. The normalized spacial score (nSPS) is 19.6. The minimum atomic E-state index is -0.0578. The lowest BCUT2D eigenvalue weighted by atomic mass is 9.84. The predicted octanol–water partition coefficient (Wildman–Crippen LogP) is 3.13. The number of rotatable bonds is 7. The van der Waals surface area contributed by atoms with Gasteiger partial charge in [-0.2, -0.15) is 0 Å². The number of hydrogen-bond acceptors (Lipinski definition) is 3. The van der Waals surface area contributed by atoms with Gasteiger partial charge in [0.05, 0.1) is 0 Å². The van der Waals surface area contributed by atoms with Crippen molar-refractivity contribution in [2.24, 2.45) is 17.6 Å². The molecule has 1 atom stereocenters. The molecule has 1 unspecified atom stereocenters. The van der Waals surface area contributed by atoms with Crippen LogP contribution in [0, 0.1) is 11.8 Å². The van der Waals surface area contributed by atoms with Crippen LogP contribution < -0.4 is 16.4 Å². The largest absolute Gasteiger partial charge is 0.352 e. The van der Waals surface area contributed by atoms with Crippen LogP contribution >= 0.6 is 0 Å². The van der Waals surface area contributed by atoms with E-state index in [1.54, 1.807) is 0 Å². The fourth-order valence-corrected chi connectivity index (χ4v) is 4.45. The maximum Gasteiger partial charge on any atom is 0.251 e. The standard InChI is InChI=1S/C22H33N3O2/c23-14-20(17-6-2-1-3-7-17)25-22(27)19-12-10-16(11-13-19)15-24-21(26)18-8-4-5-9-18/h10-13,17-18,20H,1-9,14-15,23H2,(H,24,26)(H,25,27). The van der Waals surface area contributed by atoms with Crippen LogP contribution in [0.15, 0.2) is 24.3 Å². The van der Waals surface area contributed by atoms with Gasteiger partial charge in [-0.3, -0.25) is 9.59 Å². The van der Waals surface area contributed by atoms with Crippen molar-refractivity contribution in [2.75, 3.05) is 6.54 Å². The fourth-order valence-electron chi connectivity index (χ4n) is 4.45. The van der Waals surface area contributed by atoms with Crippen molar-refractivity contribution in [3.8, 4) is 0 Å². The number of amides is 2. The van der Waals surface area contributed by atoms with Crippen molar-refractivity contribution in [1.29, 1.82) is 0 Å². The van der Waals surface area contributed by atoms with Crippen LogP contribution in [-0.4, -0.2) is 24.4 Å². The molecular weight excluding hydrogens is 338 g/mol. The molecule has 148 valence electrons. The first-order chi connectivity index (χ1) is 13.2. The van der Waals surface area contributed by atoms with Crippen LogP contribution in [0.2, 0.25) is 0 Å². The van der Waals surface area contributed by atoms with Gasteiger partial charge < -0.3 is 16.4 Å². The van der Waals surface area contributed by atoms with E-state index < -0.39 is 0 Å². The second-order valence-corrected chi connectivity index (χ2v) is 8.11. The minimum absolute atomic E-state index is 0.0578. The number of nitrogens with one attached hydrogen (secondary N) is 2. The van der Waals surface area contributed by atoms with Crippen LogP contribution in [-0.2, 0) is 11.3 Å². The molecule has 0 radical (unpaired) electrons. The summed E-state index contributed by atoms with van der Waals surface area (Å²) in [4.78, 5) is 24.7. The Hall–Kier alpha value is -1.88. The minimum Gasteiger partial charge on any atom is -0.352 e. The van der Waals surface area contributed by atoms with E-state index >= 15 is 0 Å². The third-order valence-corrected chi connectivity index (χ3v) is 6.20. The Morgan fingerprint density at radius 2 is 1.59 bits per heavy atom. The summed E-state index contributed by atoms with van der Waals surface area (Å²) >= 11 is 0. The second-order valence-electron chi connectivity index (χ2n) is 8.11. The monoisotopic (exact) mass is 371 g/mol. The molecule has 2 fully saturated rings. The maximum absolute atomic E-state index is 12.6. The lowest BCUT2D eigenvalue weighted by Gasteiger charge is -2.30. The Labute approximate surface area is 162 Å². The summed E-state index contributed by atoms with van der Waals surface area (Å²) in [5, 5.41) is 6.14. The van der Waals surface area contributed by atoms with E-state index in [-0.39, 0.29) is 23.8 Å². The zero-order chi connectivity index (χ0) is 19.1. The molecule has 1 aromatic rings. The van der Waals surface area contributed by atoms with Gasteiger partial charge in [-0.1, -0.05) is 44.2 Å². The molecule has 1 aromatic carbocycles. The third-order valence-electron chi connectivity index (χ3n) is 6.20. The van der Waals surface area contributed by atoms with Crippen LogP contribution in [0.25, 0.3) is 0 Å². The molecule has 3 rings (SSSR count). The van der Waals surface area contributed by atoms with Crippen LogP contribution in [0.1, 0.15) is 73.7 Å². The predicted molar refractivity (Wildman–Crippen MR) is 107 cm³/mol. The van der Waals surface area contributed by atoms with Crippen LogP contribution in [0.4, 0.5) is 0 Å². The van der Waals surface area contributed by atoms with E-state index in [1.807, 2.05) is 24.3 Å². The molecule has 5 nitrogen and oxygen atoms in total. The van der Waals surface area contributed by atoms with Crippen molar-refractivity contribution in [3.63, 3.8) is 0 Å². The third kappa shape index (κ3) is 5.55. The Bertz CT molecular complexity index is 617. The average Bonchev–Trinajstić information content (AvgIpc) is 3.26. The summed E-state index contributed by atoms with van der Waals surface area (Å²) in [6.07, 6.45) is 10.4. The Balaban J connectivity index is 1.49. The number of benzene rings is 1. The van der Waals surface area contributed by atoms with Gasteiger partial charge in [0.25, 0.3) is 5.91 Å². The first-order valence-corrected chi connectivity index (χ1v) is 10.5. The van der Waals surface area contributed by atoms with Crippen LogP contribution in [0.3, 0.4) is 0 Å². The molecular formula is C22H33N3O2. The first kappa shape index (κ1) is 19.9. The number of hydrogen-bond donors (Lipinski definition) is 3. The zero-order valence-corrected chi connectivity index (χ0v) is 16.2. The molecule has 0 aliphatic heterocycles. The molecule has 2 amide bonds. The molecule has 2 aliphatic rings. The molecule has 2 saturated carbocycles. The molecule has 0 bridgehead atoms. The fraction of sp³-hybridized carbons (Fsp3) is 0.636. The van der Waals surface area contributed by atoms with Crippen molar-refractivity contribution < 1.29 is 9.59 Å². The van der Waals surface area contributed by atoms with E-state index in [9.17, 15) is 9.59 Å². The van der Waals surface area contributed by atoms with Crippen LogP contribution in [0.5, 0.6) is 0 Å². The summed E-state index contributed by atoms with van der Waals surface area (Å²) in [6, 6.07) is 7.56. The highest BCUT2D eigenvalue weighted by Crippen LogP contribution is 2.26. The highest BCUT2D eigenvalue weighted by molar-refractivity contribution is 5.94. The molecule has 2 aliphatic carbocycles. The number of carbonyl (C=O) groups excluding carboxylic acids is 2. The van der Waals surface area contributed by atoms with Gasteiger partial charge in [0, 0.05) is 30.6 Å². The van der Waals surface area contributed by atoms with Crippen molar-refractivity contribution >= 4 is 11.8 Å². The van der Waals surface area contributed by atoms with E-state index in [0.717, 1.165) is 44.1 Å². The lowest BCUT2D eigenvalue weighted by molar-refractivity contribution is -0.124. The molecule has 0 saturated heterocycles. The molecule has 0 spiro atoms. The van der Waals surface area contributed by atoms with E-state index in [2.05, 4.69) is 10.6 Å². The Morgan fingerprint density at radius 3 is 2.22 bits per heavy atom. The lowest BCUT2D eigenvalue weighted by Crippen LogP contribution is -2.45. The van der Waals surface area contributed by atoms with Gasteiger partial charge in [-0.05, 0) is 49.3 Å². The SMILES string of the molecule is NCC(NC(=O)c1ccc(CNC(=O)C2CCCC2)cc1)C1CCCCC1. The van der Waals surface area contributed by atoms with Gasteiger partial charge in [0.1, 0.15) is 0 Å². The number of carbonyl (C=O) groups is 2. The Kier molecular flexibility index (Phi) is 7.27. The summed E-state index contributed by atoms with van der Waals surface area (Å²) < 4.78 is 0. The van der Waals surface area contributed by atoms with Gasteiger partial charge in [0.15, 0.2) is 0 Å². The second kappa shape index (κ2) is 9.88. The maximum atomic E-state index is 12.6. The van der Waals surface area contributed by atoms with Gasteiger partial charge >= 0.3 is 0 Å². The molecule has 0 heterocycles. The number of nitrogens with two attached hydrogens (primary N) is 1. The van der Waals surface area contributed by atoms with Crippen molar-refractivity contribution in [3.05, 3.63) is 35.4 Å². The van der Waals surface area contributed by atoms with E-state index in [1.165, 1.54) is 19.3 Å². The molecule has 4 N–H and O–H groups in total. The first-order valence-electron chi connectivity index (χ1n) is 10.5. The van der Waals surface area contributed by atoms with Crippen molar-refractivity contribution in [2.45, 2.75) is 70.4 Å². The zero-order valence-electron chi connectivity index (χ0n) is 16.2. The molecule has 27 heavy (non-hydrogen) atoms. The molecule has 5 heteroatoms. The summed E-state index contributed by atoms with van der Waals surface area (Å²) in [6.45, 7) is 1.01. The summed E-state index contributed by atoms with van der Waals surface area (Å²) in [5.41, 5.74) is 7.58. The van der Waals surface area contributed by atoms with Crippen molar-refractivity contribution in [1.82, 2.24) is 10.6 Å². The van der Waals surface area contributed by atoms with Gasteiger partial charge in [-0.25, -0.2) is 0 Å². The average molecular weight is 372 g/mol. The topological polar surface area (TPSA) is 84.2 Å².